The normalized spacial score (nSPS) is 11.4. The van der Waals surface area contributed by atoms with Gasteiger partial charge in [-0.1, -0.05) is 0 Å². The number of nitrogens with two attached hydrogens (primary N) is 1. The summed E-state index contributed by atoms with van der Waals surface area (Å²) in [7, 11) is 4.61. The zero-order valence-electron chi connectivity index (χ0n) is 17.8. The summed E-state index contributed by atoms with van der Waals surface area (Å²) in [5.74, 6) is 0.820. The van der Waals surface area contributed by atoms with Gasteiger partial charge in [0.05, 0.1) is 19.9 Å². The fourth-order valence-corrected chi connectivity index (χ4v) is 3.80. The average molecular weight is 426 g/mol. The largest absolute Gasteiger partial charge is 0.497 e. The van der Waals surface area contributed by atoms with Gasteiger partial charge in [0.25, 0.3) is 5.56 Å². The minimum atomic E-state index is -0.784. The minimum Gasteiger partial charge on any atom is -0.497 e. The monoisotopic (exact) mass is 426 g/mol. The van der Waals surface area contributed by atoms with E-state index in [4.69, 9.17) is 15.2 Å². The molecule has 3 heterocycles. The number of carbonyl (C=O) groups is 1. The van der Waals surface area contributed by atoms with Crippen molar-refractivity contribution in [1.82, 2.24) is 23.1 Å². The Labute approximate surface area is 175 Å². The first-order chi connectivity index (χ1) is 14.7. The molecule has 0 saturated heterocycles. The number of benzene rings is 1. The van der Waals surface area contributed by atoms with Crippen molar-refractivity contribution >= 4 is 22.8 Å². The molecular weight excluding hydrogens is 404 g/mol. The summed E-state index contributed by atoms with van der Waals surface area (Å²) >= 11 is 0. The molecule has 0 unspecified atom stereocenters. The van der Waals surface area contributed by atoms with Crippen LogP contribution >= 0.6 is 0 Å². The first-order valence-corrected chi connectivity index (χ1v) is 9.41. The molecule has 0 fully saturated rings. The number of fused-ring (bicyclic) bond motifs is 3. The number of aryl methyl sites for hydroxylation is 2. The Morgan fingerprint density at radius 1 is 1.13 bits per heavy atom. The van der Waals surface area contributed by atoms with E-state index >= 15 is 0 Å². The first-order valence-electron chi connectivity index (χ1n) is 9.41. The van der Waals surface area contributed by atoms with E-state index in [-0.39, 0.29) is 11.2 Å². The molecule has 0 spiro atoms. The second kappa shape index (κ2) is 7.04. The molecule has 162 valence electrons. The van der Waals surface area contributed by atoms with Crippen LogP contribution in [0.2, 0.25) is 0 Å². The Morgan fingerprint density at radius 3 is 2.45 bits per heavy atom. The highest BCUT2D eigenvalue weighted by molar-refractivity contribution is 5.79. The van der Waals surface area contributed by atoms with Gasteiger partial charge in [-0.2, -0.15) is 4.98 Å². The zero-order valence-corrected chi connectivity index (χ0v) is 17.8. The van der Waals surface area contributed by atoms with E-state index in [1.54, 1.807) is 30.8 Å². The lowest BCUT2D eigenvalue weighted by atomic mass is 10.2. The number of imidazole rings is 2. The number of primary amides is 1. The predicted molar refractivity (Wildman–Crippen MR) is 113 cm³/mol. The third-order valence-corrected chi connectivity index (χ3v) is 5.46. The summed E-state index contributed by atoms with van der Waals surface area (Å²) in [5, 5.41) is 0. The lowest BCUT2D eigenvalue weighted by Gasteiger charge is -2.13. The predicted octanol–water partition coefficient (Wildman–Crippen LogP) is 0.258. The highest BCUT2D eigenvalue weighted by Gasteiger charge is 2.24. The van der Waals surface area contributed by atoms with E-state index in [0.717, 1.165) is 16.0 Å². The molecule has 11 heteroatoms. The molecule has 0 bridgehead atoms. The van der Waals surface area contributed by atoms with Gasteiger partial charge >= 0.3 is 5.69 Å². The first kappa shape index (κ1) is 20.3. The van der Waals surface area contributed by atoms with Crippen LogP contribution in [0.25, 0.3) is 22.6 Å². The van der Waals surface area contributed by atoms with Crippen LogP contribution in [-0.2, 0) is 18.4 Å². The number of ether oxygens (including phenoxy) is 2. The summed E-state index contributed by atoms with van der Waals surface area (Å²) in [4.78, 5) is 41.8. The van der Waals surface area contributed by atoms with Crippen LogP contribution in [0.4, 0.5) is 0 Å². The van der Waals surface area contributed by atoms with Crippen LogP contribution in [0.1, 0.15) is 11.4 Å². The van der Waals surface area contributed by atoms with Crippen LogP contribution in [0.3, 0.4) is 0 Å². The maximum Gasteiger partial charge on any atom is 0.332 e. The van der Waals surface area contributed by atoms with E-state index < -0.39 is 23.7 Å². The van der Waals surface area contributed by atoms with Gasteiger partial charge in [0.1, 0.15) is 18.0 Å². The molecule has 0 atom stereocenters. The maximum atomic E-state index is 13.2. The van der Waals surface area contributed by atoms with Crippen molar-refractivity contribution in [3.05, 3.63) is 50.4 Å². The number of carbonyl (C=O) groups excluding carboxylic acids is 1. The number of hydrogen-bond acceptors (Lipinski definition) is 6. The lowest BCUT2D eigenvalue weighted by molar-refractivity contribution is -0.118. The fraction of sp³-hybridized carbons (Fsp3) is 0.300. The van der Waals surface area contributed by atoms with Gasteiger partial charge in [-0.25, -0.2) is 9.36 Å². The summed E-state index contributed by atoms with van der Waals surface area (Å²) in [5.41, 5.74) is 6.59. The molecule has 3 aromatic heterocycles. The smallest absolute Gasteiger partial charge is 0.332 e. The third-order valence-electron chi connectivity index (χ3n) is 5.46. The molecule has 2 N–H and O–H groups in total. The van der Waals surface area contributed by atoms with E-state index in [1.807, 2.05) is 24.5 Å². The molecule has 4 rings (SSSR count). The van der Waals surface area contributed by atoms with Gasteiger partial charge in [0, 0.05) is 24.5 Å². The summed E-state index contributed by atoms with van der Waals surface area (Å²) in [6, 6.07) is 5.37. The van der Waals surface area contributed by atoms with Gasteiger partial charge in [0.15, 0.2) is 11.2 Å². The molecule has 0 aliphatic heterocycles. The molecule has 0 aliphatic carbocycles. The fourth-order valence-electron chi connectivity index (χ4n) is 3.80. The van der Waals surface area contributed by atoms with E-state index in [1.165, 1.54) is 11.6 Å². The molecule has 11 nitrogen and oxygen atoms in total. The molecule has 0 aliphatic rings. The number of methoxy groups -OCH3 is 2. The van der Waals surface area contributed by atoms with Crippen molar-refractivity contribution in [3.63, 3.8) is 0 Å². The van der Waals surface area contributed by atoms with Crippen LogP contribution in [0.5, 0.6) is 11.5 Å². The number of nitrogens with zero attached hydrogens (tertiary/aromatic N) is 5. The molecular formula is C20H22N6O5. The van der Waals surface area contributed by atoms with Crippen molar-refractivity contribution in [3.8, 4) is 17.2 Å². The Morgan fingerprint density at radius 2 is 1.84 bits per heavy atom. The van der Waals surface area contributed by atoms with E-state index in [0.29, 0.717) is 23.0 Å². The third kappa shape index (κ3) is 2.80. The maximum absolute atomic E-state index is 13.2. The second-order valence-electron chi connectivity index (χ2n) is 7.16. The Kier molecular flexibility index (Phi) is 4.60. The highest BCUT2D eigenvalue weighted by atomic mass is 16.5. The van der Waals surface area contributed by atoms with Crippen LogP contribution in [-0.4, -0.2) is 43.2 Å². The summed E-state index contributed by atoms with van der Waals surface area (Å²) in [6.07, 6.45) is 0. The van der Waals surface area contributed by atoms with Gasteiger partial charge in [-0.05, 0) is 26.0 Å². The molecule has 0 radical (unpaired) electrons. The van der Waals surface area contributed by atoms with Crippen molar-refractivity contribution < 1.29 is 14.3 Å². The Hall–Kier alpha value is -4.02. The number of amides is 1. The molecule has 4 aromatic rings. The molecule has 1 aromatic carbocycles. The minimum absolute atomic E-state index is 0.185. The number of hydrogen-bond donors (Lipinski definition) is 1. The van der Waals surface area contributed by atoms with Crippen molar-refractivity contribution in [2.45, 2.75) is 20.4 Å². The Balaban J connectivity index is 2.16. The highest BCUT2D eigenvalue weighted by Crippen LogP contribution is 2.32. The number of aromatic nitrogens is 5. The SMILES string of the molecule is COc1ccc(-n2c(C)c(C)n3c4c(=O)n(CC(N)=O)c(=O)n(C)c4nc23)c(OC)c1. The van der Waals surface area contributed by atoms with Gasteiger partial charge in [-0.15, -0.1) is 0 Å². The van der Waals surface area contributed by atoms with E-state index in [2.05, 4.69) is 4.98 Å². The van der Waals surface area contributed by atoms with Crippen molar-refractivity contribution in [2.75, 3.05) is 14.2 Å². The summed E-state index contributed by atoms with van der Waals surface area (Å²) in [6.45, 7) is 3.22. The average Bonchev–Trinajstić information content (AvgIpc) is 3.24. The topological polar surface area (TPSA) is 128 Å². The van der Waals surface area contributed by atoms with Crippen LogP contribution in [0.15, 0.2) is 27.8 Å². The standard InChI is InChI=1S/C20H22N6O5/c1-10-11(2)26-16-17(23(3)20(29)24(18(16)28)9-15(21)27)22-19(26)25(10)13-7-6-12(30-4)8-14(13)31-5/h6-8H,9H2,1-5H3,(H2,21,27). The zero-order chi connectivity index (χ0) is 22.6. The van der Waals surface area contributed by atoms with Gasteiger partial charge < -0.3 is 15.2 Å². The van der Waals surface area contributed by atoms with E-state index in [9.17, 15) is 14.4 Å². The van der Waals surface area contributed by atoms with Gasteiger partial charge in [0.2, 0.25) is 11.7 Å². The number of rotatable bonds is 5. The van der Waals surface area contributed by atoms with Crippen molar-refractivity contribution in [2.24, 2.45) is 12.8 Å². The van der Waals surface area contributed by atoms with Crippen LogP contribution < -0.4 is 26.5 Å². The lowest BCUT2D eigenvalue weighted by Crippen LogP contribution is -2.42. The molecule has 1 amide bonds. The molecule has 0 saturated carbocycles. The molecule has 31 heavy (non-hydrogen) atoms. The second-order valence-corrected chi connectivity index (χ2v) is 7.16. The van der Waals surface area contributed by atoms with Crippen molar-refractivity contribution in [1.29, 1.82) is 0 Å². The Bertz CT molecular complexity index is 1490. The van der Waals surface area contributed by atoms with Gasteiger partial charge in [-0.3, -0.25) is 23.1 Å². The van der Waals surface area contributed by atoms with Crippen LogP contribution in [0, 0.1) is 13.8 Å². The quantitative estimate of drug-likeness (QED) is 0.488. The summed E-state index contributed by atoms with van der Waals surface area (Å²) < 4.78 is 16.4.